The van der Waals surface area contributed by atoms with Crippen molar-refractivity contribution in [3.8, 4) is 0 Å². The summed E-state index contributed by atoms with van der Waals surface area (Å²) in [5, 5.41) is 7.19. The molecule has 5 heteroatoms. The van der Waals surface area contributed by atoms with Gasteiger partial charge in [0.25, 0.3) is 0 Å². The van der Waals surface area contributed by atoms with Gasteiger partial charge in [0.05, 0.1) is 6.10 Å². The molecule has 2 atom stereocenters. The molecule has 2 saturated carbocycles. The Morgan fingerprint density at radius 1 is 1.35 bits per heavy atom. The average Bonchev–Trinajstić information content (AvgIpc) is 2.68. The molecule has 2 aliphatic rings. The van der Waals surface area contributed by atoms with Crippen LogP contribution in [0.5, 0.6) is 0 Å². The van der Waals surface area contributed by atoms with E-state index >= 15 is 0 Å². The molecule has 0 saturated heterocycles. The van der Waals surface area contributed by atoms with E-state index in [9.17, 15) is 0 Å². The largest absolute Gasteiger partial charge is 0.378 e. The standard InChI is InChI=1S/C21H34N4O/c1-4-26-19-14-18(21(19)10-6-5-7-11-21)25-20(22-3)24-13-9-17-8-12-23-15-16(17)2/h8,12,15,18-19H,4-7,9-11,13-14H2,1-3H3,(H2,22,24,25). The summed E-state index contributed by atoms with van der Waals surface area (Å²) in [5.41, 5.74) is 2.90. The molecule has 144 valence electrons. The van der Waals surface area contributed by atoms with Crippen LogP contribution in [-0.2, 0) is 11.2 Å². The third-order valence-corrected chi connectivity index (χ3v) is 6.30. The van der Waals surface area contributed by atoms with E-state index in [0.717, 1.165) is 32.0 Å². The number of ether oxygens (including phenoxy) is 1. The van der Waals surface area contributed by atoms with Gasteiger partial charge in [-0.15, -0.1) is 0 Å². The number of nitrogens with one attached hydrogen (secondary N) is 2. The first-order valence-electron chi connectivity index (χ1n) is 10.2. The highest BCUT2D eigenvalue weighted by atomic mass is 16.5. The first-order valence-corrected chi connectivity index (χ1v) is 10.2. The summed E-state index contributed by atoms with van der Waals surface area (Å²) in [7, 11) is 1.86. The van der Waals surface area contributed by atoms with Crippen molar-refractivity contribution in [2.45, 2.75) is 70.9 Å². The summed E-state index contributed by atoms with van der Waals surface area (Å²) >= 11 is 0. The van der Waals surface area contributed by atoms with E-state index in [1.807, 2.05) is 19.4 Å². The number of aryl methyl sites for hydroxylation is 1. The van der Waals surface area contributed by atoms with E-state index in [-0.39, 0.29) is 0 Å². The highest BCUT2D eigenvalue weighted by Gasteiger charge is 2.55. The Bertz CT molecular complexity index is 610. The van der Waals surface area contributed by atoms with Crippen LogP contribution in [0.25, 0.3) is 0 Å². The Kier molecular flexibility index (Phi) is 6.52. The SMILES string of the molecule is CCOC1CC(NC(=NC)NCCc2ccncc2C)C12CCCCC2. The second-order valence-corrected chi connectivity index (χ2v) is 7.72. The molecule has 1 aromatic heterocycles. The van der Waals surface area contributed by atoms with E-state index in [1.54, 1.807) is 0 Å². The fourth-order valence-electron chi connectivity index (χ4n) is 4.72. The topological polar surface area (TPSA) is 58.5 Å². The van der Waals surface area contributed by atoms with Gasteiger partial charge >= 0.3 is 0 Å². The number of aromatic nitrogens is 1. The maximum absolute atomic E-state index is 6.06. The van der Waals surface area contributed by atoms with Crippen LogP contribution in [0.3, 0.4) is 0 Å². The Balaban J connectivity index is 1.54. The van der Waals surface area contributed by atoms with Gasteiger partial charge in [0, 0.05) is 44.0 Å². The minimum absolute atomic E-state index is 0.313. The third kappa shape index (κ3) is 4.03. The maximum Gasteiger partial charge on any atom is 0.191 e. The van der Waals surface area contributed by atoms with Crippen molar-refractivity contribution >= 4 is 5.96 Å². The highest BCUT2D eigenvalue weighted by Crippen LogP contribution is 2.53. The summed E-state index contributed by atoms with van der Waals surface area (Å²) in [6.07, 6.45) is 12.9. The Morgan fingerprint density at radius 2 is 2.15 bits per heavy atom. The summed E-state index contributed by atoms with van der Waals surface area (Å²) in [6.45, 7) is 5.92. The molecule has 26 heavy (non-hydrogen) atoms. The van der Waals surface area contributed by atoms with E-state index < -0.39 is 0 Å². The van der Waals surface area contributed by atoms with Gasteiger partial charge in [-0.2, -0.15) is 0 Å². The summed E-state index contributed by atoms with van der Waals surface area (Å²) in [6, 6.07) is 2.58. The average molecular weight is 359 g/mol. The summed E-state index contributed by atoms with van der Waals surface area (Å²) in [4.78, 5) is 8.62. The zero-order chi connectivity index (χ0) is 18.4. The molecule has 1 aromatic rings. The van der Waals surface area contributed by atoms with Gasteiger partial charge in [-0.3, -0.25) is 9.98 Å². The van der Waals surface area contributed by atoms with Crippen molar-refractivity contribution < 1.29 is 4.74 Å². The Hall–Kier alpha value is -1.62. The second kappa shape index (κ2) is 8.85. The number of pyridine rings is 1. The summed E-state index contributed by atoms with van der Waals surface area (Å²) < 4.78 is 6.06. The highest BCUT2D eigenvalue weighted by molar-refractivity contribution is 5.80. The van der Waals surface area contributed by atoms with Gasteiger partial charge in [0.15, 0.2) is 5.96 Å². The van der Waals surface area contributed by atoms with E-state index in [2.05, 4.69) is 40.5 Å². The van der Waals surface area contributed by atoms with Crippen LogP contribution < -0.4 is 10.6 Å². The molecule has 5 nitrogen and oxygen atoms in total. The molecule has 2 fully saturated rings. The van der Waals surface area contributed by atoms with E-state index in [4.69, 9.17) is 4.74 Å². The molecule has 0 aliphatic heterocycles. The first-order chi connectivity index (χ1) is 12.7. The van der Waals surface area contributed by atoms with Crippen LogP contribution >= 0.6 is 0 Å². The van der Waals surface area contributed by atoms with Gasteiger partial charge in [-0.1, -0.05) is 19.3 Å². The molecule has 2 aliphatic carbocycles. The lowest BCUT2D eigenvalue weighted by Gasteiger charge is -2.57. The number of rotatable bonds is 6. The lowest BCUT2D eigenvalue weighted by molar-refractivity contribution is -0.145. The predicted molar refractivity (Wildman–Crippen MR) is 107 cm³/mol. The number of aliphatic imine (C=N–C) groups is 1. The predicted octanol–water partition coefficient (Wildman–Crippen LogP) is 3.23. The lowest BCUT2D eigenvalue weighted by Crippen LogP contribution is -2.66. The van der Waals surface area contributed by atoms with Crippen LogP contribution in [0.1, 0.15) is 56.6 Å². The zero-order valence-electron chi connectivity index (χ0n) is 16.6. The quantitative estimate of drug-likeness (QED) is 0.605. The van der Waals surface area contributed by atoms with E-state index in [1.165, 1.54) is 43.2 Å². The number of hydrogen-bond donors (Lipinski definition) is 2. The van der Waals surface area contributed by atoms with Crippen molar-refractivity contribution in [2.24, 2.45) is 10.4 Å². The molecule has 0 amide bonds. The number of nitrogens with zero attached hydrogens (tertiary/aromatic N) is 2. The molecule has 1 heterocycles. The molecule has 0 radical (unpaired) electrons. The van der Waals surface area contributed by atoms with Crippen LogP contribution in [0, 0.1) is 12.3 Å². The fraction of sp³-hybridized carbons (Fsp3) is 0.714. The lowest BCUT2D eigenvalue weighted by atomic mass is 9.55. The number of guanidine groups is 1. The normalized spacial score (nSPS) is 25.0. The van der Waals surface area contributed by atoms with Crippen LogP contribution in [0.15, 0.2) is 23.5 Å². The van der Waals surface area contributed by atoms with Crippen molar-refractivity contribution in [1.29, 1.82) is 0 Å². The van der Waals surface area contributed by atoms with Gasteiger partial charge in [-0.05, 0) is 56.7 Å². The van der Waals surface area contributed by atoms with Crippen molar-refractivity contribution in [3.63, 3.8) is 0 Å². The molecular weight excluding hydrogens is 324 g/mol. The first kappa shape index (κ1) is 19.2. The smallest absolute Gasteiger partial charge is 0.191 e. The molecule has 2 unspecified atom stereocenters. The van der Waals surface area contributed by atoms with Gasteiger partial charge in [0.2, 0.25) is 0 Å². The minimum Gasteiger partial charge on any atom is -0.378 e. The molecule has 0 aromatic carbocycles. The minimum atomic E-state index is 0.313. The van der Waals surface area contributed by atoms with Gasteiger partial charge < -0.3 is 15.4 Å². The van der Waals surface area contributed by atoms with Crippen LogP contribution in [-0.4, -0.2) is 43.3 Å². The Morgan fingerprint density at radius 3 is 2.85 bits per heavy atom. The zero-order valence-corrected chi connectivity index (χ0v) is 16.6. The maximum atomic E-state index is 6.06. The third-order valence-electron chi connectivity index (χ3n) is 6.30. The van der Waals surface area contributed by atoms with E-state index in [0.29, 0.717) is 17.6 Å². The van der Waals surface area contributed by atoms with Crippen molar-refractivity contribution in [3.05, 3.63) is 29.6 Å². The molecule has 3 rings (SSSR count). The van der Waals surface area contributed by atoms with Gasteiger partial charge in [-0.25, -0.2) is 0 Å². The Labute approximate surface area is 158 Å². The van der Waals surface area contributed by atoms with Crippen molar-refractivity contribution in [2.75, 3.05) is 20.2 Å². The molecular formula is C21H34N4O. The number of hydrogen-bond acceptors (Lipinski definition) is 3. The second-order valence-electron chi connectivity index (χ2n) is 7.72. The van der Waals surface area contributed by atoms with Crippen molar-refractivity contribution in [1.82, 2.24) is 15.6 Å². The van der Waals surface area contributed by atoms with Gasteiger partial charge in [0.1, 0.15) is 0 Å². The monoisotopic (exact) mass is 358 g/mol. The fourth-order valence-corrected chi connectivity index (χ4v) is 4.72. The molecule has 1 spiro atoms. The molecule has 0 bridgehead atoms. The summed E-state index contributed by atoms with van der Waals surface area (Å²) in [5.74, 6) is 0.918. The van der Waals surface area contributed by atoms with Crippen LogP contribution in [0.4, 0.5) is 0 Å². The molecule has 2 N–H and O–H groups in total. The van der Waals surface area contributed by atoms with Crippen LogP contribution in [0.2, 0.25) is 0 Å².